The average Bonchev–Trinajstić information content (AvgIpc) is 2.52. The Balaban J connectivity index is 2.77. The maximum absolute atomic E-state index is 12.4. The molecule has 0 saturated carbocycles. The fraction of sp³-hybridized carbons (Fsp3) is 0.429. The second-order valence-corrected chi connectivity index (χ2v) is 10.1. The molecule has 138 valence electrons. The lowest BCUT2D eigenvalue weighted by Crippen LogP contribution is -2.55. The summed E-state index contributed by atoms with van der Waals surface area (Å²) in [6.07, 6.45) is 0. The number of aromatic hydroxyl groups is 1. The molecule has 0 bridgehead atoms. The van der Waals surface area contributed by atoms with Gasteiger partial charge in [-0.3, -0.25) is 9.59 Å². The maximum Gasteiger partial charge on any atom is 0.324 e. The van der Waals surface area contributed by atoms with Crippen molar-refractivity contribution in [2.75, 3.05) is 19.3 Å². The Labute approximate surface area is 144 Å². The fourth-order valence-corrected chi connectivity index (χ4v) is 8.25. The van der Waals surface area contributed by atoms with Gasteiger partial charge in [-0.25, -0.2) is 16.8 Å². The SMILES string of the molecule is COC(=O)[C@@H]1C(c2ccc(O)cc2)[C@@H](C(=O)OC)S(=O)(=O)CS1(=O)=O. The number of esters is 2. The Kier molecular flexibility index (Phi) is 5.09. The Morgan fingerprint density at radius 1 is 0.920 bits per heavy atom. The Bertz CT molecular complexity index is 833. The number of phenols is 1. The third-order valence-electron chi connectivity index (χ3n) is 3.90. The first-order valence-electron chi connectivity index (χ1n) is 6.93. The predicted octanol–water partition coefficient (Wildman–Crippen LogP) is -0.640. The number of benzene rings is 1. The molecule has 11 heteroatoms. The monoisotopic (exact) mass is 392 g/mol. The van der Waals surface area contributed by atoms with E-state index in [9.17, 15) is 31.5 Å². The van der Waals surface area contributed by atoms with Crippen molar-refractivity contribution in [3.63, 3.8) is 0 Å². The molecule has 1 saturated heterocycles. The van der Waals surface area contributed by atoms with Crippen molar-refractivity contribution in [1.82, 2.24) is 0 Å². The molecule has 2 rings (SSSR count). The largest absolute Gasteiger partial charge is 0.508 e. The van der Waals surface area contributed by atoms with E-state index in [1.807, 2.05) is 0 Å². The molecule has 0 spiro atoms. The maximum atomic E-state index is 12.4. The highest BCUT2D eigenvalue weighted by atomic mass is 32.3. The van der Waals surface area contributed by atoms with Gasteiger partial charge in [0.1, 0.15) is 5.75 Å². The summed E-state index contributed by atoms with van der Waals surface area (Å²) in [4.78, 5) is 24.2. The number of sulfone groups is 2. The van der Waals surface area contributed by atoms with Gasteiger partial charge in [-0.05, 0) is 17.7 Å². The van der Waals surface area contributed by atoms with Crippen molar-refractivity contribution in [2.45, 2.75) is 16.4 Å². The zero-order chi connectivity index (χ0) is 19.0. The average molecular weight is 392 g/mol. The first-order chi connectivity index (χ1) is 11.5. The first-order valence-corrected chi connectivity index (χ1v) is 10.4. The summed E-state index contributed by atoms with van der Waals surface area (Å²) in [7, 11) is -6.99. The number of hydrogen-bond acceptors (Lipinski definition) is 9. The lowest BCUT2D eigenvalue weighted by atomic mass is 9.91. The van der Waals surface area contributed by atoms with Crippen LogP contribution >= 0.6 is 0 Å². The Morgan fingerprint density at radius 2 is 1.32 bits per heavy atom. The predicted molar refractivity (Wildman–Crippen MR) is 85.2 cm³/mol. The zero-order valence-electron chi connectivity index (χ0n) is 13.3. The zero-order valence-corrected chi connectivity index (χ0v) is 14.9. The van der Waals surface area contributed by atoms with Gasteiger partial charge in [0.25, 0.3) is 0 Å². The van der Waals surface area contributed by atoms with Gasteiger partial charge in [-0.2, -0.15) is 0 Å². The number of phenolic OH excluding ortho intramolecular Hbond substituents is 1. The number of ether oxygens (including phenoxy) is 2. The molecule has 1 aliphatic heterocycles. The highest BCUT2D eigenvalue weighted by molar-refractivity contribution is 8.10. The van der Waals surface area contributed by atoms with Gasteiger partial charge in [0, 0.05) is 5.92 Å². The van der Waals surface area contributed by atoms with Crippen LogP contribution in [0.4, 0.5) is 0 Å². The third kappa shape index (κ3) is 3.47. The lowest BCUT2D eigenvalue weighted by Gasteiger charge is -2.34. The highest BCUT2D eigenvalue weighted by Gasteiger charge is 2.58. The molecular weight excluding hydrogens is 376 g/mol. The minimum atomic E-state index is -4.46. The smallest absolute Gasteiger partial charge is 0.324 e. The van der Waals surface area contributed by atoms with Gasteiger partial charge >= 0.3 is 11.9 Å². The van der Waals surface area contributed by atoms with Crippen molar-refractivity contribution >= 4 is 31.6 Å². The van der Waals surface area contributed by atoms with Crippen LogP contribution in [0.25, 0.3) is 0 Å². The topological polar surface area (TPSA) is 141 Å². The molecule has 1 N–H and O–H groups in total. The highest BCUT2D eigenvalue weighted by Crippen LogP contribution is 2.39. The molecule has 0 radical (unpaired) electrons. The number of carbonyl (C=O) groups is 2. The van der Waals surface area contributed by atoms with E-state index in [-0.39, 0.29) is 11.3 Å². The van der Waals surface area contributed by atoms with E-state index in [4.69, 9.17) is 0 Å². The molecule has 1 heterocycles. The Hall–Kier alpha value is -2.14. The second-order valence-electron chi connectivity index (χ2n) is 5.45. The fourth-order valence-electron chi connectivity index (χ4n) is 2.85. The molecule has 2 atom stereocenters. The van der Waals surface area contributed by atoms with Crippen molar-refractivity contribution in [1.29, 1.82) is 0 Å². The third-order valence-corrected chi connectivity index (χ3v) is 9.05. The Morgan fingerprint density at radius 3 is 1.68 bits per heavy atom. The van der Waals surface area contributed by atoms with E-state index >= 15 is 0 Å². The summed E-state index contributed by atoms with van der Waals surface area (Å²) in [5, 5.41) is 4.23. The molecule has 1 aromatic carbocycles. The molecule has 1 fully saturated rings. The van der Waals surface area contributed by atoms with Crippen LogP contribution in [-0.2, 0) is 38.7 Å². The van der Waals surface area contributed by atoms with Gasteiger partial charge in [0.05, 0.1) is 14.2 Å². The minimum absolute atomic E-state index is 0.0652. The van der Waals surface area contributed by atoms with Crippen LogP contribution in [-0.4, -0.2) is 63.7 Å². The summed E-state index contributed by atoms with van der Waals surface area (Å²) in [5.41, 5.74) is 0.0652. The van der Waals surface area contributed by atoms with Crippen LogP contribution in [0.5, 0.6) is 5.75 Å². The summed E-state index contributed by atoms with van der Waals surface area (Å²) in [6, 6.07) is 4.85. The molecular formula is C14H16O9S2. The van der Waals surface area contributed by atoms with Crippen molar-refractivity contribution < 1.29 is 41.0 Å². The van der Waals surface area contributed by atoms with Crippen LogP contribution in [0.3, 0.4) is 0 Å². The second kappa shape index (κ2) is 6.64. The summed E-state index contributed by atoms with van der Waals surface area (Å²) < 4.78 is 58.7. The van der Waals surface area contributed by atoms with E-state index in [1.54, 1.807) is 0 Å². The van der Waals surface area contributed by atoms with E-state index in [0.29, 0.717) is 0 Å². The summed E-state index contributed by atoms with van der Waals surface area (Å²) >= 11 is 0. The van der Waals surface area contributed by atoms with Crippen LogP contribution in [0.1, 0.15) is 11.5 Å². The van der Waals surface area contributed by atoms with E-state index in [1.165, 1.54) is 24.3 Å². The van der Waals surface area contributed by atoms with Crippen molar-refractivity contribution in [3.05, 3.63) is 29.8 Å². The minimum Gasteiger partial charge on any atom is -0.508 e. The number of carbonyl (C=O) groups excluding carboxylic acids is 2. The van der Waals surface area contributed by atoms with Crippen LogP contribution in [0.15, 0.2) is 24.3 Å². The summed E-state index contributed by atoms with van der Waals surface area (Å²) in [5.74, 6) is -4.08. The van der Waals surface area contributed by atoms with Gasteiger partial charge in [-0.1, -0.05) is 12.1 Å². The molecule has 0 amide bonds. The number of rotatable bonds is 3. The van der Waals surface area contributed by atoms with E-state index in [0.717, 1.165) is 14.2 Å². The lowest BCUT2D eigenvalue weighted by molar-refractivity contribution is -0.142. The van der Waals surface area contributed by atoms with E-state index < -0.39 is 53.1 Å². The first kappa shape index (κ1) is 19.2. The number of methoxy groups -OCH3 is 2. The van der Waals surface area contributed by atoms with Gasteiger partial charge in [0.15, 0.2) is 35.3 Å². The molecule has 0 aliphatic carbocycles. The quantitative estimate of drug-likeness (QED) is 0.665. The molecule has 9 nitrogen and oxygen atoms in total. The van der Waals surface area contributed by atoms with Gasteiger partial charge < -0.3 is 14.6 Å². The number of hydrogen-bond donors (Lipinski definition) is 1. The van der Waals surface area contributed by atoms with Crippen molar-refractivity contribution in [2.24, 2.45) is 0 Å². The molecule has 25 heavy (non-hydrogen) atoms. The van der Waals surface area contributed by atoms with Crippen LogP contribution in [0.2, 0.25) is 0 Å². The van der Waals surface area contributed by atoms with Crippen LogP contribution in [0, 0.1) is 0 Å². The molecule has 1 aliphatic rings. The molecule has 0 unspecified atom stereocenters. The van der Waals surface area contributed by atoms with Crippen molar-refractivity contribution in [3.8, 4) is 5.75 Å². The van der Waals surface area contributed by atoms with E-state index in [2.05, 4.69) is 9.47 Å². The van der Waals surface area contributed by atoms with Gasteiger partial charge in [-0.15, -0.1) is 0 Å². The summed E-state index contributed by atoms with van der Waals surface area (Å²) in [6.45, 7) is 0. The standard InChI is InChI=1S/C14H16O9S2/c1-22-13(16)11-10(8-3-5-9(15)6-4-8)12(14(17)23-2)25(20,21)7-24(11,18)19/h3-6,10-12,15H,7H2,1-2H3/t11-,12-/m0/s1. The molecule has 0 aromatic heterocycles. The normalized spacial score (nSPS) is 27.2. The van der Waals surface area contributed by atoms with Gasteiger partial charge in [0.2, 0.25) is 0 Å². The molecule has 1 aromatic rings. The van der Waals surface area contributed by atoms with Crippen LogP contribution < -0.4 is 0 Å².